The standard InChI is InChI=1S/C23H37N5O/c1-4-19(5-2)20-11-14-28(17-20)22(24-3)25-16-18-9-8-10-21(15-18)26-23(29)27-12-6-7-13-27/h8-10,15,19-20H,4-7,11-14,16-17H2,1-3H3,(H,24,25)(H,26,29). The zero-order valence-electron chi connectivity index (χ0n) is 18.3. The van der Waals surface area contributed by atoms with Gasteiger partial charge in [-0.3, -0.25) is 4.99 Å². The summed E-state index contributed by atoms with van der Waals surface area (Å²) in [6.07, 6.45) is 5.98. The number of anilines is 1. The summed E-state index contributed by atoms with van der Waals surface area (Å²) in [6.45, 7) is 9.20. The van der Waals surface area contributed by atoms with Crippen LogP contribution in [0.25, 0.3) is 0 Å². The highest BCUT2D eigenvalue weighted by molar-refractivity contribution is 5.89. The van der Waals surface area contributed by atoms with E-state index >= 15 is 0 Å². The van der Waals surface area contributed by atoms with Crippen molar-refractivity contribution < 1.29 is 4.79 Å². The fourth-order valence-electron chi connectivity index (χ4n) is 4.71. The van der Waals surface area contributed by atoms with Gasteiger partial charge in [0, 0.05) is 45.5 Å². The average molecular weight is 400 g/mol. The fraction of sp³-hybridized carbons (Fsp3) is 0.652. The van der Waals surface area contributed by atoms with Crippen molar-refractivity contribution >= 4 is 17.7 Å². The normalized spacial score (nSPS) is 19.9. The zero-order valence-corrected chi connectivity index (χ0v) is 18.3. The largest absolute Gasteiger partial charge is 0.352 e. The lowest BCUT2D eigenvalue weighted by molar-refractivity contribution is 0.222. The SMILES string of the molecule is CCC(CC)C1CCN(C(=NC)NCc2cccc(NC(=O)N3CCCC3)c2)C1. The minimum absolute atomic E-state index is 0.00734. The number of amides is 2. The molecule has 1 atom stereocenters. The highest BCUT2D eigenvalue weighted by Crippen LogP contribution is 2.28. The molecule has 6 heteroatoms. The second-order valence-corrected chi connectivity index (χ2v) is 8.30. The molecule has 0 aromatic heterocycles. The number of guanidine groups is 1. The molecule has 2 aliphatic rings. The topological polar surface area (TPSA) is 60.0 Å². The van der Waals surface area contributed by atoms with Crippen LogP contribution in [0.3, 0.4) is 0 Å². The van der Waals surface area contributed by atoms with Gasteiger partial charge in [-0.05, 0) is 48.8 Å². The number of aliphatic imine (C=N–C) groups is 1. The first-order valence-corrected chi connectivity index (χ1v) is 11.2. The minimum Gasteiger partial charge on any atom is -0.352 e. The van der Waals surface area contributed by atoms with Crippen LogP contribution in [0.15, 0.2) is 29.3 Å². The maximum absolute atomic E-state index is 12.3. The van der Waals surface area contributed by atoms with Crippen LogP contribution in [0.4, 0.5) is 10.5 Å². The van der Waals surface area contributed by atoms with E-state index in [0.29, 0.717) is 6.54 Å². The number of rotatable bonds is 6. The molecule has 160 valence electrons. The molecule has 2 fully saturated rings. The lowest BCUT2D eigenvalue weighted by Gasteiger charge is -2.24. The van der Waals surface area contributed by atoms with Crippen molar-refractivity contribution in [2.24, 2.45) is 16.8 Å². The maximum atomic E-state index is 12.3. The van der Waals surface area contributed by atoms with Gasteiger partial charge in [0.2, 0.25) is 0 Å². The molecule has 2 N–H and O–H groups in total. The molecule has 6 nitrogen and oxygen atoms in total. The summed E-state index contributed by atoms with van der Waals surface area (Å²) >= 11 is 0. The first-order valence-electron chi connectivity index (χ1n) is 11.2. The molecule has 3 rings (SSSR count). The van der Waals surface area contributed by atoms with Crippen LogP contribution in [0, 0.1) is 11.8 Å². The summed E-state index contributed by atoms with van der Waals surface area (Å²) in [5, 5.41) is 6.54. The van der Waals surface area contributed by atoms with Crippen molar-refractivity contribution in [3.63, 3.8) is 0 Å². The number of nitrogens with one attached hydrogen (secondary N) is 2. The van der Waals surface area contributed by atoms with Gasteiger partial charge in [-0.1, -0.05) is 38.8 Å². The Morgan fingerprint density at radius 2 is 1.93 bits per heavy atom. The smallest absolute Gasteiger partial charge is 0.321 e. The second kappa shape index (κ2) is 10.5. The van der Waals surface area contributed by atoms with E-state index < -0.39 is 0 Å². The summed E-state index contributed by atoms with van der Waals surface area (Å²) in [5.41, 5.74) is 1.99. The number of carbonyl (C=O) groups is 1. The van der Waals surface area contributed by atoms with Gasteiger partial charge in [-0.2, -0.15) is 0 Å². The van der Waals surface area contributed by atoms with E-state index in [1.165, 1.54) is 19.3 Å². The predicted molar refractivity (Wildman–Crippen MR) is 120 cm³/mol. The van der Waals surface area contributed by atoms with Gasteiger partial charge in [0.15, 0.2) is 5.96 Å². The Morgan fingerprint density at radius 3 is 2.62 bits per heavy atom. The predicted octanol–water partition coefficient (Wildman–Crippen LogP) is 4.15. The van der Waals surface area contributed by atoms with Gasteiger partial charge in [0.05, 0.1) is 0 Å². The van der Waals surface area contributed by atoms with E-state index in [1.54, 1.807) is 0 Å². The van der Waals surface area contributed by atoms with Crippen LogP contribution in [-0.2, 0) is 6.54 Å². The Morgan fingerprint density at radius 1 is 1.17 bits per heavy atom. The van der Waals surface area contributed by atoms with Gasteiger partial charge in [0.25, 0.3) is 0 Å². The Bertz CT molecular complexity index is 694. The minimum atomic E-state index is 0.00734. The summed E-state index contributed by atoms with van der Waals surface area (Å²) in [6, 6.07) is 8.09. The maximum Gasteiger partial charge on any atom is 0.321 e. The van der Waals surface area contributed by atoms with Crippen molar-refractivity contribution in [2.75, 3.05) is 38.5 Å². The van der Waals surface area contributed by atoms with Gasteiger partial charge in [0.1, 0.15) is 0 Å². The molecular weight excluding hydrogens is 362 g/mol. The average Bonchev–Trinajstić information content (AvgIpc) is 3.43. The second-order valence-electron chi connectivity index (χ2n) is 8.30. The van der Waals surface area contributed by atoms with Gasteiger partial charge in [-0.25, -0.2) is 4.79 Å². The number of urea groups is 1. The van der Waals surface area contributed by atoms with Crippen LogP contribution >= 0.6 is 0 Å². The molecule has 2 aliphatic heterocycles. The number of likely N-dealkylation sites (tertiary alicyclic amines) is 2. The quantitative estimate of drug-likeness (QED) is 0.558. The number of hydrogen-bond acceptors (Lipinski definition) is 2. The molecule has 0 radical (unpaired) electrons. The van der Waals surface area contributed by atoms with Crippen molar-refractivity contribution in [1.29, 1.82) is 0 Å². The fourth-order valence-corrected chi connectivity index (χ4v) is 4.71. The van der Waals surface area contributed by atoms with Crippen molar-refractivity contribution in [3.8, 4) is 0 Å². The highest BCUT2D eigenvalue weighted by atomic mass is 16.2. The van der Waals surface area contributed by atoms with Crippen LogP contribution in [-0.4, -0.2) is 55.0 Å². The molecule has 0 spiro atoms. The Hall–Kier alpha value is -2.24. The monoisotopic (exact) mass is 399 g/mol. The Kier molecular flexibility index (Phi) is 7.78. The highest BCUT2D eigenvalue weighted by Gasteiger charge is 2.29. The molecule has 2 amide bonds. The third-order valence-electron chi connectivity index (χ3n) is 6.47. The molecule has 1 aromatic rings. The van der Waals surface area contributed by atoms with E-state index in [4.69, 9.17) is 0 Å². The van der Waals surface area contributed by atoms with E-state index in [9.17, 15) is 4.79 Å². The summed E-state index contributed by atoms with van der Waals surface area (Å²) < 4.78 is 0. The van der Waals surface area contributed by atoms with E-state index in [0.717, 1.165) is 68.1 Å². The molecular formula is C23H37N5O. The number of hydrogen-bond donors (Lipinski definition) is 2. The van der Waals surface area contributed by atoms with E-state index in [-0.39, 0.29) is 6.03 Å². The third kappa shape index (κ3) is 5.64. The first kappa shape index (κ1) is 21.5. The van der Waals surface area contributed by atoms with Crippen molar-refractivity contribution in [3.05, 3.63) is 29.8 Å². The molecule has 0 saturated carbocycles. The van der Waals surface area contributed by atoms with Crippen LogP contribution < -0.4 is 10.6 Å². The molecule has 1 unspecified atom stereocenters. The number of benzene rings is 1. The Balaban J connectivity index is 1.53. The lowest BCUT2D eigenvalue weighted by Crippen LogP contribution is -2.40. The van der Waals surface area contributed by atoms with Crippen molar-refractivity contribution in [1.82, 2.24) is 15.1 Å². The lowest BCUT2D eigenvalue weighted by atomic mass is 9.87. The summed E-state index contributed by atoms with van der Waals surface area (Å²) in [4.78, 5) is 21.1. The van der Waals surface area contributed by atoms with E-state index in [2.05, 4.69) is 40.4 Å². The van der Waals surface area contributed by atoms with Gasteiger partial charge >= 0.3 is 6.03 Å². The zero-order chi connectivity index (χ0) is 20.6. The summed E-state index contributed by atoms with van der Waals surface area (Å²) in [5.74, 6) is 2.56. The van der Waals surface area contributed by atoms with Gasteiger partial charge < -0.3 is 20.4 Å². The number of nitrogens with zero attached hydrogens (tertiary/aromatic N) is 3. The molecule has 2 saturated heterocycles. The molecule has 2 heterocycles. The summed E-state index contributed by atoms with van der Waals surface area (Å²) in [7, 11) is 1.86. The molecule has 29 heavy (non-hydrogen) atoms. The van der Waals surface area contributed by atoms with Crippen LogP contribution in [0.2, 0.25) is 0 Å². The van der Waals surface area contributed by atoms with Crippen LogP contribution in [0.1, 0.15) is 51.5 Å². The third-order valence-corrected chi connectivity index (χ3v) is 6.47. The number of carbonyl (C=O) groups excluding carboxylic acids is 1. The van der Waals surface area contributed by atoms with Crippen molar-refractivity contribution in [2.45, 2.75) is 52.5 Å². The van der Waals surface area contributed by atoms with Gasteiger partial charge in [-0.15, -0.1) is 0 Å². The first-order chi connectivity index (χ1) is 14.1. The van der Waals surface area contributed by atoms with E-state index in [1.807, 2.05) is 30.1 Å². The molecule has 1 aromatic carbocycles. The molecule has 0 bridgehead atoms. The Labute approximate surface area is 175 Å². The van der Waals surface area contributed by atoms with Crippen LogP contribution in [0.5, 0.6) is 0 Å². The molecule has 0 aliphatic carbocycles.